The Balaban J connectivity index is 2.18. The zero-order valence-corrected chi connectivity index (χ0v) is 14.2. The van der Waals surface area contributed by atoms with Gasteiger partial charge in [-0.1, -0.05) is 6.92 Å². The van der Waals surface area contributed by atoms with Gasteiger partial charge < -0.3 is 15.0 Å². The van der Waals surface area contributed by atoms with E-state index < -0.39 is 0 Å². The van der Waals surface area contributed by atoms with Crippen LogP contribution in [0.2, 0.25) is 0 Å². The maximum atomic E-state index is 11.9. The molecule has 2 rings (SSSR count). The number of aromatic nitrogens is 2. The van der Waals surface area contributed by atoms with Gasteiger partial charge in [-0.25, -0.2) is 4.98 Å². The van der Waals surface area contributed by atoms with Gasteiger partial charge >= 0.3 is 0 Å². The molecule has 0 bridgehead atoms. The van der Waals surface area contributed by atoms with Crippen molar-refractivity contribution in [2.24, 2.45) is 0 Å². The lowest BCUT2D eigenvalue weighted by molar-refractivity contribution is -0.124. The zero-order valence-electron chi connectivity index (χ0n) is 14.2. The molecule has 0 unspecified atom stereocenters. The number of imidazole rings is 1. The number of carbonyl (C=O) groups is 1. The molecule has 1 saturated heterocycles. The molecule has 2 N–H and O–H groups in total. The predicted octanol–water partition coefficient (Wildman–Crippen LogP) is 1.40. The lowest BCUT2D eigenvalue weighted by Crippen LogP contribution is -2.50. The summed E-state index contributed by atoms with van der Waals surface area (Å²) >= 11 is 0. The zero-order chi connectivity index (χ0) is 16.2. The normalized spacial score (nSPS) is 22.2. The molecule has 0 saturated carbocycles. The summed E-state index contributed by atoms with van der Waals surface area (Å²) in [5.41, 5.74) is 1.98. The molecule has 0 radical (unpaired) electrons. The molecule has 1 atom stereocenters. The molecule has 1 amide bonds. The SMILES string of the molecule is CCc1nc(CN2CCC[C@@]2(COC)CC(=O)NC)c(C)[nH]1. The Morgan fingerprint density at radius 2 is 2.32 bits per heavy atom. The van der Waals surface area contributed by atoms with E-state index in [1.54, 1.807) is 14.2 Å². The van der Waals surface area contributed by atoms with Gasteiger partial charge in [0.1, 0.15) is 5.82 Å². The van der Waals surface area contributed by atoms with Crippen molar-refractivity contribution in [3.05, 3.63) is 17.2 Å². The number of rotatable bonds is 7. The Hall–Kier alpha value is -1.40. The summed E-state index contributed by atoms with van der Waals surface area (Å²) in [4.78, 5) is 22.3. The van der Waals surface area contributed by atoms with E-state index in [-0.39, 0.29) is 11.4 Å². The fourth-order valence-corrected chi connectivity index (χ4v) is 3.38. The first-order valence-electron chi connectivity index (χ1n) is 8.03. The fraction of sp³-hybridized carbons (Fsp3) is 0.750. The first kappa shape index (κ1) is 17.0. The standard InChI is InChI=1S/C16H28N4O2/c1-5-14-18-12(2)13(19-14)10-20-8-6-7-16(20,11-22-4)9-15(21)17-3/h5-11H2,1-4H3,(H,17,21)(H,18,19)/t16-/m0/s1. The summed E-state index contributed by atoms with van der Waals surface area (Å²) in [5, 5.41) is 2.74. The number of methoxy groups -OCH3 is 1. The largest absolute Gasteiger partial charge is 0.383 e. The third-order valence-electron chi connectivity index (χ3n) is 4.63. The number of ether oxygens (including phenoxy) is 1. The summed E-state index contributed by atoms with van der Waals surface area (Å²) in [7, 11) is 3.39. The summed E-state index contributed by atoms with van der Waals surface area (Å²) in [6.07, 6.45) is 3.45. The second-order valence-corrected chi connectivity index (χ2v) is 6.14. The molecule has 0 spiro atoms. The maximum absolute atomic E-state index is 11.9. The van der Waals surface area contributed by atoms with Gasteiger partial charge in [-0.2, -0.15) is 0 Å². The number of carbonyl (C=O) groups excluding carboxylic acids is 1. The Bertz CT molecular complexity index is 514. The number of nitrogens with zero attached hydrogens (tertiary/aromatic N) is 2. The number of aryl methyl sites for hydroxylation is 2. The minimum absolute atomic E-state index is 0.0666. The minimum Gasteiger partial charge on any atom is -0.383 e. The van der Waals surface area contributed by atoms with Crippen LogP contribution in [0.4, 0.5) is 0 Å². The molecule has 1 aliphatic rings. The second kappa shape index (κ2) is 7.24. The van der Waals surface area contributed by atoms with Crippen LogP contribution in [0.1, 0.15) is 43.4 Å². The van der Waals surface area contributed by atoms with E-state index >= 15 is 0 Å². The topological polar surface area (TPSA) is 70.2 Å². The van der Waals surface area contributed by atoms with Crippen molar-refractivity contribution in [2.75, 3.05) is 27.3 Å². The molecular formula is C16H28N4O2. The molecule has 22 heavy (non-hydrogen) atoms. The van der Waals surface area contributed by atoms with Gasteiger partial charge in [-0.05, 0) is 26.3 Å². The average molecular weight is 308 g/mol. The average Bonchev–Trinajstić information content (AvgIpc) is 3.04. The number of nitrogens with one attached hydrogen (secondary N) is 2. The number of aromatic amines is 1. The van der Waals surface area contributed by atoms with E-state index in [1.165, 1.54) is 0 Å². The van der Waals surface area contributed by atoms with Crippen molar-refractivity contribution < 1.29 is 9.53 Å². The van der Waals surface area contributed by atoms with Crippen LogP contribution >= 0.6 is 0 Å². The van der Waals surface area contributed by atoms with Gasteiger partial charge in [0.05, 0.1) is 17.8 Å². The van der Waals surface area contributed by atoms with Crippen LogP contribution in [0.5, 0.6) is 0 Å². The second-order valence-electron chi connectivity index (χ2n) is 6.14. The van der Waals surface area contributed by atoms with Gasteiger partial charge in [-0.3, -0.25) is 9.69 Å². The summed E-state index contributed by atoms with van der Waals surface area (Å²) in [5.74, 6) is 1.09. The Labute approximate surface area is 132 Å². The van der Waals surface area contributed by atoms with Gasteiger partial charge in [0.2, 0.25) is 5.91 Å². The van der Waals surface area contributed by atoms with E-state index in [2.05, 4.69) is 34.0 Å². The van der Waals surface area contributed by atoms with Crippen LogP contribution in [0.3, 0.4) is 0 Å². The minimum atomic E-state index is -0.216. The quantitative estimate of drug-likeness (QED) is 0.799. The van der Waals surface area contributed by atoms with Crippen molar-refractivity contribution in [1.82, 2.24) is 20.2 Å². The predicted molar refractivity (Wildman–Crippen MR) is 85.6 cm³/mol. The molecule has 1 fully saturated rings. The third-order valence-corrected chi connectivity index (χ3v) is 4.63. The molecule has 6 heteroatoms. The van der Waals surface area contributed by atoms with E-state index in [0.717, 1.165) is 49.6 Å². The first-order chi connectivity index (χ1) is 10.5. The molecule has 124 valence electrons. The molecular weight excluding hydrogens is 280 g/mol. The van der Waals surface area contributed by atoms with Crippen molar-refractivity contribution in [3.8, 4) is 0 Å². The molecule has 1 aliphatic heterocycles. The number of likely N-dealkylation sites (tertiary alicyclic amines) is 1. The van der Waals surface area contributed by atoms with Crippen LogP contribution in [0, 0.1) is 6.92 Å². The van der Waals surface area contributed by atoms with E-state index in [1.807, 2.05) is 0 Å². The van der Waals surface area contributed by atoms with Gasteiger partial charge in [-0.15, -0.1) is 0 Å². The van der Waals surface area contributed by atoms with Crippen LogP contribution < -0.4 is 5.32 Å². The Morgan fingerprint density at radius 1 is 1.55 bits per heavy atom. The van der Waals surface area contributed by atoms with E-state index in [9.17, 15) is 4.79 Å². The summed E-state index contributed by atoms with van der Waals surface area (Å²) in [6, 6.07) is 0. The summed E-state index contributed by atoms with van der Waals surface area (Å²) < 4.78 is 5.45. The highest BCUT2D eigenvalue weighted by atomic mass is 16.5. The van der Waals surface area contributed by atoms with E-state index in [4.69, 9.17) is 4.74 Å². The van der Waals surface area contributed by atoms with E-state index in [0.29, 0.717) is 13.0 Å². The first-order valence-corrected chi connectivity index (χ1v) is 8.03. The van der Waals surface area contributed by atoms with Gasteiger partial charge in [0.15, 0.2) is 0 Å². The summed E-state index contributed by atoms with van der Waals surface area (Å²) in [6.45, 7) is 6.48. The lowest BCUT2D eigenvalue weighted by atomic mass is 9.92. The van der Waals surface area contributed by atoms with Crippen molar-refractivity contribution in [2.45, 2.75) is 51.6 Å². The fourth-order valence-electron chi connectivity index (χ4n) is 3.38. The molecule has 0 aliphatic carbocycles. The molecule has 2 heterocycles. The van der Waals surface area contributed by atoms with Crippen molar-refractivity contribution >= 4 is 5.91 Å². The lowest BCUT2D eigenvalue weighted by Gasteiger charge is -2.37. The molecule has 1 aromatic heterocycles. The van der Waals surface area contributed by atoms with Crippen LogP contribution in [0.25, 0.3) is 0 Å². The maximum Gasteiger partial charge on any atom is 0.221 e. The highest BCUT2D eigenvalue weighted by molar-refractivity contribution is 5.77. The Kier molecular flexibility index (Phi) is 5.58. The van der Waals surface area contributed by atoms with Gasteiger partial charge in [0, 0.05) is 39.2 Å². The smallest absolute Gasteiger partial charge is 0.221 e. The van der Waals surface area contributed by atoms with Crippen LogP contribution in [-0.4, -0.2) is 53.6 Å². The number of amides is 1. The highest BCUT2D eigenvalue weighted by Gasteiger charge is 2.42. The highest BCUT2D eigenvalue weighted by Crippen LogP contribution is 2.34. The van der Waals surface area contributed by atoms with Crippen LogP contribution in [0.15, 0.2) is 0 Å². The van der Waals surface area contributed by atoms with Gasteiger partial charge in [0.25, 0.3) is 0 Å². The van der Waals surface area contributed by atoms with Crippen molar-refractivity contribution in [1.29, 1.82) is 0 Å². The van der Waals surface area contributed by atoms with Crippen molar-refractivity contribution in [3.63, 3.8) is 0 Å². The number of hydrogen-bond donors (Lipinski definition) is 2. The number of H-pyrrole nitrogens is 1. The molecule has 0 aromatic carbocycles. The monoisotopic (exact) mass is 308 g/mol. The Morgan fingerprint density at radius 3 is 2.91 bits per heavy atom. The molecule has 6 nitrogen and oxygen atoms in total. The third kappa shape index (κ3) is 3.50. The van der Waals surface area contributed by atoms with Crippen LogP contribution in [-0.2, 0) is 22.5 Å². The number of hydrogen-bond acceptors (Lipinski definition) is 4. The molecule has 1 aromatic rings.